The predicted octanol–water partition coefficient (Wildman–Crippen LogP) is 7.96. The maximum atomic E-state index is 12.1. The number of ether oxygens (including phenoxy) is 2. The molecule has 1 unspecified atom stereocenters. The van der Waals surface area contributed by atoms with Crippen LogP contribution in [0.2, 0.25) is 0 Å². The van der Waals surface area contributed by atoms with E-state index in [9.17, 15) is 9.59 Å². The molecule has 0 saturated carbocycles. The minimum Gasteiger partial charge on any atom is -0.427 e. The Hall–Kier alpha value is -2.31. The highest BCUT2D eigenvalue weighted by Crippen LogP contribution is 2.47. The maximum Gasteiger partial charge on any atom is 0.311 e. The smallest absolute Gasteiger partial charge is 0.311 e. The molecule has 0 bridgehead atoms. The van der Waals surface area contributed by atoms with E-state index in [0.29, 0.717) is 31.1 Å². The third-order valence-corrected chi connectivity index (χ3v) is 7.76. The molecule has 210 valence electrons. The molecule has 0 amide bonds. The topological polar surface area (TPSA) is 74.3 Å². The van der Waals surface area contributed by atoms with Crippen molar-refractivity contribution in [3.8, 4) is 11.5 Å². The molecule has 0 radical (unpaired) electrons. The number of hydrogen-bond acceptors (Lipinski definition) is 7. The Labute approximate surface area is 229 Å². The molecule has 8 heteroatoms. The normalized spacial score (nSPS) is 12.2. The number of carbonyl (C=O) groups excluding carboxylic acids is 2. The van der Waals surface area contributed by atoms with Gasteiger partial charge in [0.2, 0.25) is 0 Å². The summed E-state index contributed by atoms with van der Waals surface area (Å²) in [6.45, 7) is 12.8. The van der Waals surface area contributed by atoms with Crippen molar-refractivity contribution in [3.05, 3.63) is 59.7 Å². The van der Waals surface area contributed by atoms with Crippen LogP contribution in [0.15, 0.2) is 48.5 Å². The van der Waals surface area contributed by atoms with E-state index in [1.165, 1.54) is 19.8 Å². The number of benzene rings is 2. The number of unbranched alkanes of at least 4 members (excludes halogenated alkanes) is 4. The van der Waals surface area contributed by atoms with Crippen molar-refractivity contribution < 1.29 is 28.1 Å². The SMILES string of the molecule is CCCCCCCC(=O)Oc1ccc(COP(OCc2ccc(OC(C)=O)cc2)N(C(C)C)C(C)C)cc1. The van der Waals surface area contributed by atoms with Crippen molar-refractivity contribution in [1.29, 1.82) is 0 Å². The summed E-state index contributed by atoms with van der Waals surface area (Å²) in [6.07, 6.45) is 5.94. The van der Waals surface area contributed by atoms with Gasteiger partial charge in [-0.1, -0.05) is 56.9 Å². The minimum atomic E-state index is -1.34. The molecular formula is C30H44NO6P. The van der Waals surface area contributed by atoms with E-state index in [4.69, 9.17) is 18.5 Å². The Kier molecular flexibility index (Phi) is 14.5. The molecule has 38 heavy (non-hydrogen) atoms. The molecule has 2 rings (SSSR count). The molecular weight excluding hydrogens is 501 g/mol. The first-order valence-electron chi connectivity index (χ1n) is 13.6. The Bertz CT molecular complexity index is 954. The van der Waals surface area contributed by atoms with Gasteiger partial charge in [-0.3, -0.25) is 9.59 Å². The van der Waals surface area contributed by atoms with Gasteiger partial charge in [-0.05, 0) is 69.5 Å². The molecule has 0 aromatic heterocycles. The Morgan fingerprint density at radius 2 is 1.21 bits per heavy atom. The summed E-state index contributed by atoms with van der Waals surface area (Å²) in [5.41, 5.74) is 1.93. The van der Waals surface area contributed by atoms with Crippen LogP contribution < -0.4 is 9.47 Å². The van der Waals surface area contributed by atoms with E-state index >= 15 is 0 Å². The van der Waals surface area contributed by atoms with Crippen LogP contribution in [0.5, 0.6) is 11.5 Å². The van der Waals surface area contributed by atoms with Crippen molar-refractivity contribution in [2.45, 2.75) is 105 Å². The fraction of sp³-hybridized carbons (Fsp3) is 0.533. The van der Waals surface area contributed by atoms with Gasteiger partial charge in [0.15, 0.2) is 0 Å². The van der Waals surface area contributed by atoms with Crippen LogP contribution in [-0.4, -0.2) is 28.7 Å². The van der Waals surface area contributed by atoms with Crippen LogP contribution in [0, 0.1) is 0 Å². The average Bonchev–Trinajstić information content (AvgIpc) is 2.86. The van der Waals surface area contributed by atoms with E-state index in [2.05, 4.69) is 39.3 Å². The molecule has 2 aromatic rings. The van der Waals surface area contributed by atoms with Crippen LogP contribution in [0.3, 0.4) is 0 Å². The van der Waals surface area contributed by atoms with Crippen molar-refractivity contribution in [2.24, 2.45) is 0 Å². The summed E-state index contributed by atoms with van der Waals surface area (Å²) in [4.78, 5) is 23.3. The van der Waals surface area contributed by atoms with Crippen LogP contribution in [0.25, 0.3) is 0 Å². The van der Waals surface area contributed by atoms with Crippen molar-refractivity contribution in [2.75, 3.05) is 0 Å². The molecule has 0 N–H and O–H groups in total. The lowest BCUT2D eigenvalue weighted by molar-refractivity contribution is -0.134. The summed E-state index contributed by atoms with van der Waals surface area (Å²) in [5.74, 6) is 0.521. The van der Waals surface area contributed by atoms with E-state index < -0.39 is 8.53 Å². The van der Waals surface area contributed by atoms with Crippen LogP contribution >= 0.6 is 8.53 Å². The highest BCUT2D eigenvalue weighted by molar-refractivity contribution is 7.44. The largest absolute Gasteiger partial charge is 0.427 e. The van der Waals surface area contributed by atoms with Gasteiger partial charge < -0.3 is 18.5 Å². The predicted molar refractivity (Wildman–Crippen MR) is 152 cm³/mol. The average molecular weight is 546 g/mol. The van der Waals surface area contributed by atoms with Crippen molar-refractivity contribution >= 4 is 20.5 Å². The third-order valence-electron chi connectivity index (χ3n) is 5.75. The van der Waals surface area contributed by atoms with Crippen LogP contribution in [0.1, 0.15) is 91.2 Å². The number of esters is 2. The second-order valence-electron chi connectivity index (χ2n) is 9.87. The van der Waals surface area contributed by atoms with E-state index in [1.807, 2.05) is 36.4 Å². The van der Waals surface area contributed by atoms with E-state index in [-0.39, 0.29) is 24.0 Å². The summed E-state index contributed by atoms with van der Waals surface area (Å²) >= 11 is 0. The number of rotatable bonds is 17. The quantitative estimate of drug-likeness (QED) is 0.0864. The van der Waals surface area contributed by atoms with Crippen LogP contribution in [0.4, 0.5) is 0 Å². The first-order chi connectivity index (χ1) is 18.2. The maximum absolute atomic E-state index is 12.1. The van der Waals surface area contributed by atoms with Crippen LogP contribution in [-0.2, 0) is 31.9 Å². The molecule has 0 fully saturated rings. The first-order valence-corrected chi connectivity index (χ1v) is 14.7. The summed E-state index contributed by atoms with van der Waals surface area (Å²) in [6, 6.07) is 15.2. The van der Waals surface area contributed by atoms with Gasteiger partial charge in [-0.15, -0.1) is 0 Å². The highest BCUT2D eigenvalue weighted by atomic mass is 31.2. The monoisotopic (exact) mass is 545 g/mol. The lowest BCUT2D eigenvalue weighted by Crippen LogP contribution is -2.33. The first kappa shape index (κ1) is 31.9. The molecule has 0 aliphatic heterocycles. The van der Waals surface area contributed by atoms with Crippen molar-refractivity contribution in [1.82, 2.24) is 4.67 Å². The molecule has 2 aromatic carbocycles. The molecule has 0 saturated heterocycles. The Morgan fingerprint density at radius 3 is 1.66 bits per heavy atom. The zero-order valence-electron chi connectivity index (χ0n) is 23.8. The molecule has 1 atom stereocenters. The van der Waals surface area contributed by atoms with Gasteiger partial charge in [0.05, 0.1) is 13.2 Å². The van der Waals surface area contributed by atoms with E-state index in [1.54, 1.807) is 12.1 Å². The fourth-order valence-electron chi connectivity index (χ4n) is 3.93. The minimum absolute atomic E-state index is 0.187. The highest BCUT2D eigenvalue weighted by Gasteiger charge is 2.27. The van der Waals surface area contributed by atoms with Gasteiger partial charge in [0.25, 0.3) is 8.53 Å². The molecule has 0 aliphatic rings. The fourth-order valence-corrected chi connectivity index (χ4v) is 5.55. The zero-order chi connectivity index (χ0) is 27.9. The van der Waals surface area contributed by atoms with Gasteiger partial charge >= 0.3 is 11.9 Å². The summed E-state index contributed by atoms with van der Waals surface area (Å²) < 4.78 is 25.4. The molecule has 0 heterocycles. The second kappa shape index (κ2) is 17.3. The van der Waals surface area contributed by atoms with Gasteiger partial charge in [-0.25, -0.2) is 4.67 Å². The third kappa shape index (κ3) is 12.0. The summed E-state index contributed by atoms with van der Waals surface area (Å²) in [7, 11) is -1.34. The van der Waals surface area contributed by atoms with Gasteiger partial charge in [0, 0.05) is 25.4 Å². The Morgan fingerprint density at radius 1 is 0.737 bits per heavy atom. The zero-order valence-corrected chi connectivity index (χ0v) is 24.7. The van der Waals surface area contributed by atoms with Gasteiger partial charge in [0.1, 0.15) is 11.5 Å². The molecule has 0 spiro atoms. The standard InChI is InChI=1S/C30H44NO6P/c1-7-8-9-10-11-12-30(33)37-29-19-15-27(16-20-29)22-35-38(31(23(2)3)24(4)5)34-21-26-13-17-28(18-14-26)36-25(6)32/h13-20,23-24H,7-12,21-22H2,1-6H3. The molecule has 7 nitrogen and oxygen atoms in total. The molecule has 0 aliphatic carbocycles. The second-order valence-corrected chi connectivity index (χ2v) is 11.3. The van der Waals surface area contributed by atoms with E-state index in [0.717, 1.165) is 30.4 Å². The lowest BCUT2D eigenvalue weighted by Gasteiger charge is -2.35. The number of carbonyl (C=O) groups is 2. The van der Waals surface area contributed by atoms with Crippen molar-refractivity contribution in [3.63, 3.8) is 0 Å². The summed E-state index contributed by atoms with van der Waals surface area (Å²) in [5, 5.41) is 0. The lowest BCUT2D eigenvalue weighted by atomic mass is 10.1. The number of hydrogen-bond donors (Lipinski definition) is 0. The number of nitrogens with zero attached hydrogens (tertiary/aromatic N) is 1. The Balaban J connectivity index is 1.94. The van der Waals surface area contributed by atoms with Gasteiger partial charge in [-0.2, -0.15) is 0 Å².